The number of hydrogen-bond acceptors (Lipinski definition) is 3. The van der Waals surface area contributed by atoms with Crippen LogP contribution >= 0.6 is 6.05 Å². The van der Waals surface area contributed by atoms with E-state index in [1.54, 1.807) is 0 Å². The van der Waals surface area contributed by atoms with Crippen molar-refractivity contribution in [3.63, 3.8) is 0 Å². The Morgan fingerprint density at radius 2 is 1.39 bits per heavy atom. The quantitative estimate of drug-likeness (QED) is 0.449. The van der Waals surface area contributed by atoms with E-state index in [1.165, 1.54) is 25.4 Å². The molecule has 0 radical (unpaired) electrons. The molecule has 1 aliphatic heterocycles. The van der Waals surface area contributed by atoms with Gasteiger partial charge in [-0.3, -0.25) is 0 Å². The zero-order valence-electron chi connectivity index (χ0n) is 13.2. The van der Waals surface area contributed by atoms with Gasteiger partial charge in [-0.2, -0.15) is 20.8 Å². The Hall–Kier alpha value is 0.804. The Kier molecular flexibility index (Phi) is 9.27. The van der Waals surface area contributed by atoms with Gasteiger partial charge in [0, 0.05) is 0 Å². The maximum atomic E-state index is 5.04. The molecule has 5 heteroatoms. The summed E-state index contributed by atoms with van der Waals surface area (Å²) in [5.41, 5.74) is 0. The van der Waals surface area contributed by atoms with Gasteiger partial charge in [-0.1, -0.05) is 0 Å². The van der Waals surface area contributed by atoms with Crippen LogP contribution in [-0.2, 0) is 14.6 Å². The molecule has 1 heterocycles. The average molecular weight is 320 g/mol. The normalized spacial score (nSPS) is 21.1. The molecule has 0 unspecified atom stereocenters. The predicted molar refractivity (Wildman–Crippen MR) is 81.4 cm³/mol. The second kappa shape index (κ2) is 8.87. The standard InChI is InChI=1S/C9H22N3P.C4H9.Ni.H/c1-5-12(6-2)13-10(3)8-7-9-11(13)4;1-4(2)3;;/h5-9H2,1-4H3;1-3H3;;/q;-1;;. The first kappa shape index (κ1) is 18.8. The van der Waals surface area contributed by atoms with Crippen LogP contribution in [0.2, 0.25) is 0 Å². The molecule has 0 aromatic carbocycles. The maximum Gasteiger partial charge on any atom is -0.189 e. The van der Waals surface area contributed by atoms with Gasteiger partial charge in [0.25, 0.3) is 0 Å². The summed E-state index contributed by atoms with van der Waals surface area (Å²) in [5.74, 6) is 1.42. The minimum Gasteiger partial charge on any atom is -0.323 e. The van der Waals surface area contributed by atoms with Gasteiger partial charge in [0.1, 0.15) is 0 Å². The summed E-state index contributed by atoms with van der Waals surface area (Å²) >= 11 is 5.04. The molecule has 0 amide bonds. The summed E-state index contributed by atoms with van der Waals surface area (Å²) in [6, 6.07) is -1.47. The Labute approximate surface area is 122 Å². The second-order valence-electron chi connectivity index (χ2n) is 5.22. The van der Waals surface area contributed by atoms with Crippen molar-refractivity contribution in [2.24, 2.45) is 0 Å². The molecule has 0 N–H and O–H groups in total. The van der Waals surface area contributed by atoms with Crippen molar-refractivity contribution in [1.82, 2.24) is 14.0 Å². The molecular formula is C13H32N3NiP-. The molecule has 3 nitrogen and oxygen atoms in total. The summed E-state index contributed by atoms with van der Waals surface area (Å²) in [5, 5.41) is 0. The van der Waals surface area contributed by atoms with Gasteiger partial charge in [0.15, 0.2) is 0 Å². The van der Waals surface area contributed by atoms with Crippen molar-refractivity contribution in [2.75, 3.05) is 40.3 Å². The maximum absolute atomic E-state index is 5.04. The molecular weight excluding hydrogens is 288 g/mol. The van der Waals surface area contributed by atoms with Crippen LogP contribution in [0.1, 0.15) is 41.0 Å². The van der Waals surface area contributed by atoms with Crippen molar-refractivity contribution >= 4 is 6.05 Å². The molecule has 1 aliphatic rings. The zero-order valence-corrected chi connectivity index (χ0v) is 15.1. The topological polar surface area (TPSA) is 9.72 Å². The van der Waals surface area contributed by atoms with E-state index in [4.69, 9.17) is 14.6 Å². The SMILES string of the molecule is CCN(CC)[P]1(=[NiH])N(C)CCCN1C.C[C-](C)C. The summed E-state index contributed by atoms with van der Waals surface area (Å²) < 4.78 is 7.36. The van der Waals surface area contributed by atoms with Crippen molar-refractivity contribution in [2.45, 2.75) is 41.0 Å². The Morgan fingerprint density at radius 1 is 1.06 bits per heavy atom. The van der Waals surface area contributed by atoms with Gasteiger partial charge in [0.05, 0.1) is 0 Å². The van der Waals surface area contributed by atoms with Crippen LogP contribution in [0.25, 0.3) is 0 Å². The van der Waals surface area contributed by atoms with Crippen molar-refractivity contribution in [1.29, 1.82) is 0 Å². The third-order valence-electron chi connectivity index (χ3n) is 2.88. The summed E-state index contributed by atoms with van der Waals surface area (Å²) in [6.45, 7) is 15.2. The molecule has 0 spiro atoms. The largest absolute Gasteiger partial charge is 0.323 e. The first-order valence-electron chi connectivity index (χ1n) is 6.82. The molecule has 1 saturated heterocycles. The summed E-state index contributed by atoms with van der Waals surface area (Å²) in [6.07, 6.45) is 1.26. The zero-order chi connectivity index (χ0) is 14.3. The number of nitrogens with zero attached hydrogens (tertiary/aromatic N) is 3. The molecule has 115 valence electrons. The van der Waals surface area contributed by atoms with Crippen LogP contribution in [0.3, 0.4) is 0 Å². The molecule has 0 saturated carbocycles. The van der Waals surface area contributed by atoms with E-state index < -0.39 is 6.05 Å². The Morgan fingerprint density at radius 3 is 1.67 bits per heavy atom. The molecule has 0 aromatic rings. The van der Waals surface area contributed by atoms with Crippen LogP contribution in [-0.4, -0.2) is 54.3 Å². The van der Waals surface area contributed by atoms with Gasteiger partial charge in [0.2, 0.25) is 0 Å². The van der Waals surface area contributed by atoms with Crippen LogP contribution < -0.4 is 0 Å². The third-order valence-corrected chi connectivity index (χ3v) is 9.23. The Balaban J connectivity index is 0.000000631. The fraction of sp³-hybridized carbons (Fsp3) is 0.923. The van der Waals surface area contributed by atoms with Gasteiger partial charge >= 0.3 is 95.2 Å². The fourth-order valence-corrected chi connectivity index (χ4v) is 6.40. The van der Waals surface area contributed by atoms with Gasteiger partial charge < -0.3 is 5.92 Å². The molecule has 1 rings (SSSR count). The van der Waals surface area contributed by atoms with E-state index in [9.17, 15) is 0 Å². The summed E-state index contributed by atoms with van der Waals surface area (Å²) in [7, 11) is 4.40. The number of rotatable bonds is 3. The van der Waals surface area contributed by atoms with Crippen molar-refractivity contribution in [3.8, 4) is 0 Å². The molecule has 0 atom stereocenters. The van der Waals surface area contributed by atoms with Crippen LogP contribution in [0.5, 0.6) is 0 Å². The fourth-order valence-electron chi connectivity index (χ4n) is 2.04. The van der Waals surface area contributed by atoms with E-state index >= 15 is 0 Å². The minimum absolute atomic E-state index is 1.08. The molecule has 0 bridgehead atoms. The monoisotopic (exact) mass is 319 g/mol. The molecule has 0 aromatic heterocycles. The van der Waals surface area contributed by atoms with Gasteiger partial charge in [-0.05, 0) is 0 Å². The Bertz CT molecular complexity index is 250. The van der Waals surface area contributed by atoms with E-state index in [-0.39, 0.29) is 0 Å². The first-order valence-corrected chi connectivity index (χ1v) is 9.72. The predicted octanol–water partition coefficient (Wildman–Crippen LogP) is 3.17. The van der Waals surface area contributed by atoms with Crippen LogP contribution in [0.4, 0.5) is 0 Å². The van der Waals surface area contributed by atoms with Gasteiger partial charge in [-0.15, -0.1) is 0 Å². The van der Waals surface area contributed by atoms with E-state index in [0.717, 1.165) is 13.1 Å². The second-order valence-corrected chi connectivity index (χ2v) is 9.97. The van der Waals surface area contributed by atoms with Crippen molar-refractivity contribution < 1.29 is 14.6 Å². The number of hydrogen-bond donors (Lipinski definition) is 0. The molecule has 1 fully saturated rings. The average Bonchev–Trinajstić information content (AvgIpc) is 2.27. The van der Waals surface area contributed by atoms with Crippen LogP contribution in [0, 0.1) is 5.92 Å². The van der Waals surface area contributed by atoms with Crippen LogP contribution in [0.15, 0.2) is 0 Å². The first-order chi connectivity index (χ1) is 8.30. The molecule has 18 heavy (non-hydrogen) atoms. The smallest absolute Gasteiger partial charge is 0.189 e. The summed E-state index contributed by atoms with van der Waals surface area (Å²) in [4.78, 5) is 0. The van der Waals surface area contributed by atoms with E-state index in [1.807, 2.05) is 0 Å². The minimum atomic E-state index is -1.47. The van der Waals surface area contributed by atoms with E-state index in [0.29, 0.717) is 0 Å². The van der Waals surface area contributed by atoms with E-state index in [2.05, 4.69) is 62.7 Å². The van der Waals surface area contributed by atoms with Gasteiger partial charge in [-0.25, -0.2) is 0 Å². The third kappa shape index (κ3) is 5.06. The van der Waals surface area contributed by atoms with Crippen molar-refractivity contribution in [3.05, 3.63) is 5.92 Å². The molecule has 0 aliphatic carbocycles.